The first-order valence-electron chi connectivity index (χ1n) is 6.67. The smallest absolute Gasteiger partial charge is 0.221 e. The Morgan fingerprint density at radius 2 is 1.89 bits per heavy atom. The van der Waals surface area contributed by atoms with E-state index in [-0.39, 0.29) is 5.54 Å². The van der Waals surface area contributed by atoms with Crippen molar-refractivity contribution in [3.63, 3.8) is 0 Å². The highest BCUT2D eigenvalue weighted by molar-refractivity contribution is 5.48. The van der Waals surface area contributed by atoms with E-state index in [0.717, 1.165) is 23.6 Å². The van der Waals surface area contributed by atoms with Crippen molar-refractivity contribution in [1.29, 1.82) is 0 Å². The number of aromatic nitrogens is 2. The summed E-state index contributed by atoms with van der Waals surface area (Å²) < 4.78 is 5.92. The van der Waals surface area contributed by atoms with Crippen molar-refractivity contribution in [3.05, 3.63) is 11.4 Å². The summed E-state index contributed by atoms with van der Waals surface area (Å²) in [6.07, 6.45) is 0.794. The maximum atomic E-state index is 5.92. The maximum Gasteiger partial charge on any atom is 0.221 e. The van der Waals surface area contributed by atoms with E-state index >= 15 is 0 Å². The third-order valence-corrected chi connectivity index (χ3v) is 3.47. The van der Waals surface area contributed by atoms with E-state index in [1.165, 1.54) is 0 Å². The Hall–Kier alpha value is -1.36. The molecule has 1 aromatic rings. The summed E-state index contributed by atoms with van der Waals surface area (Å²) in [5.74, 6) is 2.31. The van der Waals surface area contributed by atoms with Crippen LogP contribution in [-0.4, -0.2) is 48.2 Å². The second-order valence-electron chi connectivity index (χ2n) is 5.52. The monoisotopic (exact) mass is 266 g/mol. The van der Waals surface area contributed by atoms with Gasteiger partial charge in [0.05, 0.1) is 5.56 Å². The normalized spacial score (nSPS) is 11.8. The summed E-state index contributed by atoms with van der Waals surface area (Å²) in [6.45, 7) is 8.89. The molecule has 0 saturated heterocycles. The van der Waals surface area contributed by atoms with Gasteiger partial charge in [0.25, 0.3) is 0 Å². The molecular weight excluding hydrogens is 240 g/mol. The molecule has 1 heterocycles. The Bertz CT molecular complexity index is 430. The van der Waals surface area contributed by atoms with Gasteiger partial charge < -0.3 is 15.0 Å². The minimum Gasteiger partial charge on any atom is -0.475 e. The van der Waals surface area contributed by atoms with Gasteiger partial charge in [-0.05, 0) is 34.9 Å². The number of rotatable bonds is 6. The molecule has 0 fully saturated rings. The lowest BCUT2D eigenvalue weighted by Gasteiger charge is -2.32. The van der Waals surface area contributed by atoms with E-state index in [1.54, 1.807) is 0 Å². The Balaban J connectivity index is 2.94. The summed E-state index contributed by atoms with van der Waals surface area (Å²) in [5.41, 5.74) is 0.915. The molecule has 108 valence electrons. The molecule has 0 radical (unpaired) electrons. The van der Waals surface area contributed by atoms with E-state index in [9.17, 15) is 0 Å². The fourth-order valence-corrected chi connectivity index (χ4v) is 1.46. The number of ether oxygens (including phenoxy) is 1. The topological polar surface area (TPSA) is 50.3 Å². The first-order valence-corrected chi connectivity index (χ1v) is 6.67. The molecule has 0 spiro atoms. The van der Waals surface area contributed by atoms with Crippen LogP contribution >= 0.6 is 0 Å². The van der Waals surface area contributed by atoms with Gasteiger partial charge in [0.15, 0.2) is 0 Å². The molecular formula is C14H26N4O. The molecule has 1 aromatic heterocycles. The molecule has 0 amide bonds. The van der Waals surface area contributed by atoms with Gasteiger partial charge in [-0.2, -0.15) is 4.98 Å². The predicted molar refractivity (Wildman–Crippen MR) is 79.0 cm³/mol. The van der Waals surface area contributed by atoms with Crippen LogP contribution in [0.2, 0.25) is 0 Å². The van der Waals surface area contributed by atoms with Gasteiger partial charge in [-0.15, -0.1) is 0 Å². The summed E-state index contributed by atoms with van der Waals surface area (Å²) in [6, 6.07) is 0. The second kappa shape index (κ2) is 6.19. The second-order valence-corrected chi connectivity index (χ2v) is 5.52. The van der Waals surface area contributed by atoms with Crippen LogP contribution in [0.4, 0.5) is 5.82 Å². The minimum absolute atomic E-state index is 0.0381. The standard InChI is InChI=1S/C14H26N4O/c1-8-11-16-12(15-5)10(2)13(17-11)19-9-14(3,4)18(6)7/h8-9H2,1-7H3,(H,15,16,17). The minimum atomic E-state index is -0.0381. The van der Waals surface area contributed by atoms with E-state index in [2.05, 4.69) is 34.0 Å². The SMILES string of the molecule is CCc1nc(NC)c(C)c(OCC(C)(C)N(C)C)n1. The molecule has 5 nitrogen and oxygen atoms in total. The van der Waals surface area contributed by atoms with Crippen LogP contribution in [0.3, 0.4) is 0 Å². The molecule has 0 aliphatic heterocycles. The van der Waals surface area contributed by atoms with Crippen molar-refractivity contribution in [2.45, 2.75) is 39.7 Å². The number of hydrogen-bond acceptors (Lipinski definition) is 5. The van der Waals surface area contributed by atoms with Crippen LogP contribution in [0.5, 0.6) is 5.88 Å². The quantitative estimate of drug-likeness (QED) is 0.854. The largest absolute Gasteiger partial charge is 0.475 e. The third kappa shape index (κ3) is 3.80. The van der Waals surface area contributed by atoms with Crippen molar-refractivity contribution in [1.82, 2.24) is 14.9 Å². The maximum absolute atomic E-state index is 5.92. The van der Waals surface area contributed by atoms with Crippen LogP contribution in [0.1, 0.15) is 32.2 Å². The van der Waals surface area contributed by atoms with E-state index < -0.39 is 0 Å². The number of likely N-dealkylation sites (N-methyl/N-ethyl adjacent to an activating group) is 1. The lowest BCUT2D eigenvalue weighted by Crippen LogP contribution is -2.43. The Morgan fingerprint density at radius 3 is 2.37 bits per heavy atom. The lowest BCUT2D eigenvalue weighted by atomic mass is 10.1. The molecule has 1 rings (SSSR count). The van der Waals surface area contributed by atoms with Gasteiger partial charge in [0.1, 0.15) is 18.2 Å². The van der Waals surface area contributed by atoms with E-state index in [4.69, 9.17) is 4.74 Å². The predicted octanol–water partition coefficient (Wildman–Crippen LogP) is 2.11. The van der Waals surface area contributed by atoms with Crippen LogP contribution in [0.25, 0.3) is 0 Å². The molecule has 0 saturated carbocycles. The molecule has 0 aromatic carbocycles. The van der Waals surface area contributed by atoms with Gasteiger partial charge in [0.2, 0.25) is 5.88 Å². The fourth-order valence-electron chi connectivity index (χ4n) is 1.46. The van der Waals surface area contributed by atoms with Crippen molar-refractivity contribution in [2.75, 3.05) is 33.1 Å². The van der Waals surface area contributed by atoms with Gasteiger partial charge in [0, 0.05) is 19.0 Å². The van der Waals surface area contributed by atoms with E-state index in [0.29, 0.717) is 12.5 Å². The fraction of sp³-hybridized carbons (Fsp3) is 0.714. The Kier molecular flexibility index (Phi) is 5.11. The number of anilines is 1. The van der Waals surface area contributed by atoms with Crippen molar-refractivity contribution >= 4 is 5.82 Å². The summed E-state index contributed by atoms with van der Waals surface area (Å²) >= 11 is 0. The zero-order chi connectivity index (χ0) is 14.6. The molecule has 0 atom stereocenters. The number of hydrogen-bond donors (Lipinski definition) is 1. The highest BCUT2D eigenvalue weighted by Crippen LogP contribution is 2.23. The molecule has 0 bridgehead atoms. The van der Waals surface area contributed by atoms with Crippen molar-refractivity contribution < 1.29 is 4.74 Å². The third-order valence-electron chi connectivity index (χ3n) is 3.47. The Morgan fingerprint density at radius 1 is 1.26 bits per heavy atom. The number of nitrogens with zero attached hydrogens (tertiary/aromatic N) is 3. The number of nitrogens with one attached hydrogen (secondary N) is 1. The van der Waals surface area contributed by atoms with E-state index in [1.807, 2.05) is 35.0 Å². The lowest BCUT2D eigenvalue weighted by molar-refractivity contribution is 0.110. The summed E-state index contributed by atoms with van der Waals surface area (Å²) in [5, 5.41) is 3.09. The van der Waals surface area contributed by atoms with Crippen LogP contribution < -0.4 is 10.1 Å². The Labute approximate surface area is 116 Å². The van der Waals surface area contributed by atoms with Crippen LogP contribution in [-0.2, 0) is 6.42 Å². The van der Waals surface area contributed by atoms with Gasteiger partial charge in [-0.25, -0.2) is 4.98 Å². The average molecular weight is 266 g/mol. The molecule has 5 heteroatoms. The van der Waals surface area contributed by atoms with Crippen molar-refractivity contribution in [2.24, 2.45) is 0 Å². The van der Waals surface area contributed by atoms with Gasteiger partial charge >= 0.3 is 0 Å². The highest BCUT2D eigenvalue weighted by Gasteiger charge is 2.22. The molecule has 19 heavy (non-hydrogen) atoms. The van der Waals surface area contributed by atoms with Gasteiger partial charge in [-0.1, -0.05) is 6.92 Å². The molecule has 0 aliphatic carbocycles. The zero-order valence-electron chi connectivity index (χ0n) is 13.2. The van der Waals surface area contributed by atoms with Crippen LogP contribution in [0.15, 0.2) is 0 Å². The molecule has 1 N–H and O–H groups in total. The highest BCUT2D eigenvalue weighted by atomic mass is 16.5. The van der Waals surface area contributed by atoms with Crippen molar-refractivity contribution in [3.8, 4) is 5.88 Å². The first-order chi connectivity index (χ1) is 8.81. The zero-order valence-corrected chi connectivity index (χ0v) is 13.2. The summed E-state index contributed by atoms with van der Waals surface area (Å²) in [7, 11) is 5.96. The molecule has 0 aliphatic rings. The number of aryl methyl sites for hydroxylation is 1. The van der Waals surface area contributed by atoms with Crippen LogP contribution in [0, 0.1) is 6.92 Å². The molecule has 0 unspecified atom stereocenters. The average Bonchev–Trinajstić information content (AvgIpc) is 2.37. The summed E-state index contributed by atoms with van der Waals surface area (Å²) in [4.78, 5) is 11.0. The van der Waals surface area contributed by atoms with Gasteiger partial charge in [-0.3, -0.25) is 0 Å². The first kappa shape index (κ1) is 15.7.